The Morgan fingerprint density at radius 1 is 1.38 bits per heavy atom. The maximum absolute atomic E-state index is 5.76. The second-order valence-electron chi connectivity index (χ2n) is 4.48. The molecular formula is C12H19N3O. The molecule has 2 N–H and O–H groups in total. The predicted molar refractivity (Wildman–Crippen MR) is 63.1 cm³/mol. The summed E-state index contributed by atoms with van der Waals surface area (Å²) in [6.07, 6.45) is 9.52. The Hall–Kier alpha value is -1.32. The van der Waals surface area contributed by atoms with Crippen LogP contribution in [0.4, 0.5) is 5.69 Å². The Bertz CT molecular complexity index is 326. The highest BCUT2D eigenvalue weighted by molar-refractivity contribution is 5.30. The average molecular weight is 221 g/mol. The number of hydrogen-bond acceptors (Lipinski definition) is 4. The van der Waals surface area contributed by atoms with E-state index >= 15 is 0 Å². The van der Waals surface area contributed by atoms with Crippen LogP contribution in [0, 0.1) is 5.92 Å². The summed E-state index contributed by atoms with van der Waals surface area (Å²) in [6.45, 7) is 2.24. The van der Waals surface area contributed by atoms with E-state index < -0.39 is 0 Å². The van der Waals surface area contributed by atoms with E-state index in [2.05, 4.69) is 16.9 Å². The minimum absolute atomic E-state index is 0.280. The van der Waals surface area contributed by atoms with Crippen molar-refractivity contribution in [3.05, 3.63) is 12.4 Å². The zero-order chi connectivity index (χ0) is 11.4. The number of anilines is 1. The van der Waals surface area contributed by atoms with Crippen LogP contribution >= 0.6 is 0 Å². The summed E-state index contributed by atoms with van der Waals surface area (Å²) in [4.78, 5) is 8.13. The van der Waals surface area contributed by atoms with Gasteiger partial charge in [0.15, 0.2) is 0 Å². The molecule has 1 fully saturated rings. The van der Waals surface area contributed by atoms with E-state index in [1.807, 2.05) is 0 Å². The molecule has 0 bridgehead atoms. The second kappa shape index (κ2) is 5.14. The average Bonchev–Trinajstić information content (AvgIpc) is 2.32. The van der Waals surface area contributed by atoms with E-state index in [-0.39, 0.29) is 6.10 Å². The molecule has 4 nitrogen and oxygen atoms in total. The summed E-state index contributed by atoms with van der Waals surface area (Å²) in [5.41, 5.74) is 6.09. The van der Waals surface area contributed by atoms with Crippen molar-refractivity contribution in [3.8, 4) is 6.01 Å². The molecule has 0 radical (unpaired) electrons. The van der Waals surface area contributed by atoms with Gasteiger partial charge in [-0.1, -0.05) is 19.8 Å². The highest BCUT2D eigenvalue weighted by atomic mass is 16.5. The number of aromatic nitrogens is 2. The van der Waals surface area contributed by atoms with E-state index in [9.17, 15) is 0 Å². The van der Waals surface area contributed by atoms with Crippen LogP contribution in [0.2, 0.25) is 0 Å². The van der Waals surface area contributed by atoms with Gasteiger partial charge in [-0.05, 0) is 25.2 Å². The first-order chi connectivity index (χ1) is 7.78. The normalized spacial score (nSPS) is 25.3. The van der Waals surface area contributed by atoms with Gasteiger partial charge in [0.25, 0.3) is 0 Å². The first kappa shape index (κ1) is 11.2. The third-order valence-electron chi connectivity index (χ3n) is 3.23. The molecule has 1 heterocycles. The first-order valence-electron chi connectivity index (χ1n) is 6.02. The zero-order valence-corrected chi connectivity index (χ0v) is 9.72. The van der Waals surface area contributed by atoms with E-state index in [0.29, 0.717) is 11.7 Å². The van der Waals surface area contributed by atoms with Crippen molar-refractivity contribution in [2.24, 2.45) is 5.92 Å². The quantitative estimate of drug-likeness (QED) is 0.851. The number of ether oxygens (including phenoxy) is 1. The molecule has 16 heavy (non-hydrogen) atoms. The summed E-state index contributed by atoms with van der Waals surface area (Å²) in [5, 5.41) is 0. The third kappa shape index (κ3) is 2.84. The monoisotopic (exact) mass is 221 g/mol. The van der Waals surface area contributed by atoms with Crippen molar-refractivity contribution < 1.29 is 4.74 Å². The van der Waals surface area contributed by atoms with E-state index in [0.717, 1.165) is 18.8 Å². The number of rotatable bonds is 3. The predicted octanol–water partition coefficient (Wildman–Crippen LogP) is 2.41. The molecule has 88 valence electrons. The number of nitrogens with zero attached hydrogens (tertiary/aromatic N) is 2. The van der Waals surface area contributed by atoms with Crippen LogP contribution in [0.15, 0.2) is 12.4 Å². The van der Waals surface area contributed by atoms with Crippen LogP contribution in [0.1, 0.15) is 39.0 Å². The van der Waals surface area contributed by atoms with Crippen LogP contribution < -0.4 is 10.5 Å². The Morgan fingerprint density at radius 3 is 2.81 bits per heavy atom. The van der Waals surface area contributed by atoms with Crippen LogP contribution in [-0.4, -0.2) is 16.1 Å². The number of nitrogens with two attached hydrogens (primary N) is 1. The van der Waals surface area contributed by atoms with E-state index in [1.54, 1.807) is 12.4 Å². The van der Waals surface area contributed by atoms with Gasteiger partial charge in [0, 0.05) is 0 Å². The van der Waals surface area contributed by atoms with Gasteiger partial charge < -0.3 is 10.5 Å². The smallest absolute Gasteiger partial charge is 0.316 e. The van der Waals surface area contributed by atoms with Crippen molar-refractivity contribution >= 4 is 5.69 Å². The van der Waals surface area contributed by atoms with Crippen molar-refractivity contribution in [2.75, 3.05) is 5.73 Å². The molecule has 1 aromatic heterocycles. The lowest BCUT2D eigenvalue weighted by molar-refractivity contribution is 0.111. The summed E-state index contributed by atoms with van der Waals surface area (Å²) >= 11 is 0. The van der Waals surface area contributed by atoms with E-state index in [4.69, 9.17) is 10.5 Å². The number of nitrogen functional groups attached to an aromatic ring is 1. The Morgan fingerprint density at radius 2 is 2.12 bits per heavy atom. The topological polar surface area (TPSA) is 61.0 Å². The van der Waals surface area contributed by atoms with Gasteiger partial charge >= 0.3 is 6.01 Å². The SMILES string of the molecule is CCC1CCCC(Oc2ncc(N)cn2)C1. The largest absolute Gasteiger partial charge is 0.460 e. The molecule has 0 aromatic carbocycles. The number of hydrogen-bond donors (Lipinski definition) is 1. The zero-order valence-electron chi connectivity index (χ0n) is 9.72. The summed E-state index contributed by atoms with van der Waals surface area (Å²) in [5.74, 6) is 0.799. The molecule has 2 rings (SSSR count). The van der Waals surface area contributed by atoms with E-state index in [1.165, 1.54) is 19.3 Å². The molecule has 2 unspecified atom stereocenters. The molecule has 2 atom stereocenters. The standard InChI is InChI=1S/C12H19N3O/c1-2-9-4-3-5-11(6-9)16-12-14-7-10(13)8-15-12/h7-9,11H,2-6,13H2,1H3. The van der Waals surface area contributed by atoms with Crippen molar-refractivity contribution in [1.82, 2.24) is 9.97 Å². The Kier molecular flexibility index (Phi) is 3.59. The van der Waals surface area contributed by atoms with Gasteiger partial charge in [-0.2, -0.15) is 0 Å². The molecule has 4 heteroatoms. The first-order valence-corrected chi connectivity index (χ1v) is 6.02. The summed E-state index contributed by atoms with van der Waals surface area (Å²) < 4.78 is 5.76. The minimum Gasteiger partial charge on any atom is -0.460 e. The Labute approximate surface area is 96.2 Å². The molecule has 0 spiro atoms. The third-order valence-corrected chi connectivity index (χ3v) is 3.23. The van der Waals surface area contributed by atoms with Crippen molar-refractivity contribution in [1.29, 1.82) is 0 Å². The van der Waals surface area contributed by atoms with Gasteiger partial charge in [0.1, 0.15) is 6.10 Å². The molecule has 0 amide bonds. The van der Waals surface area contributed by atoms with Crippen LogP contribution in [0.5, 0.6) is 6.01 Å². The van der Waals surface area contributed by atoms with Crippen LogP contribution in [0.25, 0.3) is 0 Å². The molecule has 1 saturated carbocycles. The van der Waals surface area contributed by atoms with Crippen LogP contribution in [0.3, 0.4) is 0 Å². The second-order valence-corrected chi connectivity index (χ2v) is 4.48. The van der Waals surface area contributed by atoms with Gasteiger partial charge in [0.2, 0.25) is 0 Å². The molecule has 1 aromatic rings. The maximum atomic E-state index is 5.76. The molecule has 0 saturated heterocycles. The molecule has 1 aliphatic rings. The maximum Gasteiger partial charge on any atom is 0.316 e. The lowest BCUT2D eigenvalue weighted by atomic mass is 9.86. The minimum atomic E-state index is 0.280. The van der Waals surface area contributed by atoms with Gasteiger partial charge in [-0.25, -0.2) is 9.97 Å². The fraction of sp³-hybridized carbons (Fsp3) is 0.667. The highest BCUT2D eigenvalue weighted by Gasteiger charge is 2.22. The van der Waals surface area contributed by atoms with Crippen molar-refractivity contribution in [3.63, 3.8) is 0 Å². The lowest BCUT2D eigenvalue weighted by Gasteiger charge is -2.28. The summed E-state index contributed by atoms with van der Waals surface area (Å²) in [6, 6.07) is 0.455. The molecular weight excluding hydrogens is 202 g/mol. The Balaban J connectivity index is 1.91. The lowest BCUT2D eigenvalue weighted by Crippen LogP contribution is -2.25. The fourth-order valence-corrected chi connectivity index (χ4v) is 2.26. The molecule has 1 aliphatic carbocycles. The van der Waals surface area contributed by atoms with Gasteiger partial charge in [0.05, 0.1) is 18.1 Å². The van der Waals surface area contributed by atoms with Crippen LogP contribution in [-0.2, 0) is 0 Å². The highest BCUT2D eigenvalue weighted by Crippen LogP contribution is 2.28. The molecule has 0 aliphatic heterocycles. The van der Waals surface area contributed by atoms with Crippen molar-refractivity contribution in [2.45, 2.75) is 45.1 Å². The fourth-order valence-electron chi connectivity index (χ4n) is 2.26. The summed E-state index contributed by atoms with van der Waals surface area (Å²) in [7, 11) is 0. The van der Waals surface area contributed by atoms with Gasteiger partial charge in [-0.15, -0.1) is 0 Å². The van der Waals surface area contributed by atoms with Gasteiger partial charge in [-0.3, -0.25) is 0 Å².